The van der Waals surface area contributed by atoms with E-state index < -0.39 is 6.09 Å². The summed E-state index contributed by atoms with van der Waals surface area (Å²) in [7, 11) is 1.57. The number of fused-ring (bicyclic) bond motifs is 1. The highest BCUT2D eigenvalue weighted by Crippen LogP contribution is 2.39. The second kappa shape index (κ2) is 11.3. The molecule has 1 amide bonds. The van der Waals surface area contributed by atoms with Crippen LogP contribution in [-0.2, 0) is 13.0 Å². The number of nitrogens with zero attached hydrogens (tertiary/aromatic N) is 5. The second-order valence-electron chi connectivity index (χ2n) is 7.96. The van der Waals surface area contributed by atoms with Crippen molar-refractivity contribution in [3.8, 4) is 5.75 Å². The van der Waals surface area contributed by atoms with Crippen molar-refractivity contribution in [1.82, 2.24) is 29.9 Å². The quantitative estimate of drug-likeness (QED) is 0.333. The van der Waals surface area contributed by atoms with Gasteiger partial charge in [0.2, 0.25) is 0 Å². The van der Waals surface area contributed by atoms with Crippen LogP contribution in [0.2, 0.25) is 10.0 Å². The van der Waals surface area contributed by atoms with Gasteiger partial charge in [-0.2, -0.15) is 5.10 Å². The highest BCUT2D eigenvalue weighted by molar-refractivity contribution is 6.36. The zero-order chi connectivity index (χ0) is 25.7. The Labute approximate surface area is 216 Å². The summed E-state index contributed by atoms with van der Waals surface area (Å²) in [5.74, 6) is 1.54. The average molecular weight is 529 g/mol. The van der Waals surface area contributed by atoms with Crippen LogP contribution in [0.4, 0.5) is 4.79 Å². The van der Waals surface area contributed by atoms with Crippen LogP contribution in [0.1, 0.15) is 46.2 Å². The summed E-state index contributed by atoms with van der Waals surface area (Å²) in [6.07, 6.45) is 7.38. The first kappa shape index (κ1) is 25.3. The molecule has 36 heavy (non-hydrogen) atoms. The summed E-state index contributed by atoms with van der Waals surface area (Å²) < 4.78 is 6.90. The van der Waals surface area contributed by atoms with Gasteiger partial charge in [-0.05, 0) is 42.7 Å². The molecule has 4 heterocycles. The molecule has 0 bridgehead atoms. The first-order valence-corrected chi connectivity index (χ1v) is 11.7. The number of ketones is 1. The highest BCUT2D eigenvalue weighted by Gasteiger charge is 2.29. The van der Waals surface area contributed by atoms with E-state index in [1.807, 2.05) is 0 Å². The summed E-state index contributed by atoms with van der Waals surface area (Å²) in [6, 6.07) is 6.93. The number of rotatable bonds is 7. The van der Waals surface area contributed by atoms with Crippen LogP contribution >= 0.6 is 23.2 Å². The molecule has 186 valence electrons. The maximum absolute atomic E-state index is 12.9. The standard InChI is InChI=1S/C17H14Cl2N4O2.C7H8N2O2/c1-25-15-5-4-13(23-17(15)21-16(22-23)9-2-3-9)14(24)6-10-11(18)7-20-8-12(10)19;10-7(11)9-5-6-1-3-8-4-2-6/h4-5,7-9H,2-3,6H2,1H3;1-4,9H,5H2,(H,10,11). The maximum atomic E-state index is 12.9. The average Bonchev–Trinajstić information content (AvgIpc) is 3.63. The molecule has 1 aliphatic carbocycles. The molecule has 0 radical (unpaired) electrons. The fourth-order valence-corrected chi connectivity index (χ4v) is 3.87. The number of methoxy groups -OCH3 is 1. The van der Waals surface area contributed by atoms with E-state index in [0.717, 1.165) is 24.2 Å². The molecule has 4 aromatic rings. The lowest BCUT2D eigenvalue weighted by molar-refractivity contribution is 0.0985. The van der Waals surface area contributed by atoms with E-state index in [0.29, 0.717) is 45.2 Å². The van der Waals surface area contributed by atoms with Gasteiger partial charge in [0.25, 0.3) is 0 Å². The molecule has 4 aromatic heterocycles. The molecule has 5 rings (SSSR count). The fraction of sp³-hybridized carbons (Fsp3) is 0.250. The van der Waals surface area contributed by atoms with E-state index in [9.17, 15) is 9.59 Å². The maximum Gasteiger partial charge on any atom is 0.404 e. The lowest BCUT2D eigenvalue weighted by Gasteiger charge is -2.08. The minimum absolute atomic E-state index is 0.0558. The van der Waals surface area contributed by atoms with Gasteiger partial charge < -0.3 is 15.2 Å². The normalized spacial score (nSPS) is 12.5. The number of nitrogens with one attached hydrogen (secondary N) is 1. The minimum Gasteiger partial charge on any atom is -0.493 e. The van der Waals surface area contributed by atoms with Gasteiger partial charge >= 0.3 is 6.09 Å². The number of halogens is 2. The van der Waals surface area contributed by atoms with E-state index >= 15 is 0 Å². The van der Waals surface area contributed by atoms with Gasteiger partial charge in [-0.3, -0.25) is 14.8 Å². The van der Waals surface area contributed by atoms with Gasteiger partial charge in [-0.1, -0.05) is 23.2 Å². The third-order valence-corrected chi connectivity index (χ3v) is 6.05. The Kier molecular flexibility index (Phi) is 7.97. The molecule has 10 nitrogen and oxygen atoms in total. The summed E-state index contributed by atoms with van der Waals surface area (Å²) >= 11 is 12.3. The Hall–Kier alpha value is -3.76. The van der Waals surface area contributed by atoms with Gasteiger partial charge in [0.1, 0.15) is 5.69 Å². The van der Waals surface area contributed by atoms with Crippen LogP contribution in [0.25, 0.3) is 5.65 Å². The number of pyridine rings is 3. The number of Topliss-reactive ketones (excluding diaryl/α,β-unsaturated/α-hetero) is 1. The molecule has 1 saturated carbocycles. The first-order valence-electron chi connectivity index (χ1n) is 11.0. The van der Waals surface area contributed by atoms with Gasteiger partial charge in [0, 0.05) is 49.2 Å². The monoisotopic (exact) mass is 528 g/mol. The summed E-state index contributed by atoms with van der Waals surface area (Å²) in [5.41, 5.74) is 2.42. The lowest BCUT2D eigenvalue weighted by atomic mass is 10.1. The number of ether oxygens (including phenoxy) is 1. The van der Waals surface area contributed by atoms with E-state index in [1.54, 1.807) is 48.3 Å². The number of hydrogen-bond acceptors (Lipinski definition) is 7. The molecular weight excluding hydrogens is 507 g/mol. The van der Waals surface area contributed by atoms with Crippen molar-refractivity contribution in [2.24, 2.45) is 0 Å². The van der Waals surface area contributed by atoms with Crippen molar-refractivity contribution in [2.75, 3.05) is 7.11 Å². The number of carboxylic acid groups (broad SMARTS) is 1. The van der Waals surface area contributed by atoms with Crippen molar-refractivity contribution >= 4 is 40.7 Å². The first-order chi connectivity index (χ1) is 17.4. The zero-order valence-corrected chi connectivity index (χ0v) is 20.7. The largest absolute Gasteiger partial charge is 0.493 e. The molecule has 0 atom stereocenters. The van der Waals surface area contributed by atoms with Crippen LogP contribution in [0.5, 0.6) is 5.75 Å². The third-order valence-electron chi connectivity index (χ3n) is 5.40. The Bertz CT molecular complexity index is 1370. The number of amides is 1. The van der Waals surface area contributed by atoms with Crippen molar-refractivity contribution in [2.45, 2.75) is 31.7 Å². The van der Waals surface area contributed by atoms with Crippen LogP contribution in [0, 0.1) is 0 Å². The smallest absolute Gasteiger partial charge is 0.404 e. The van der Waals surface area contributed by atoms with Crippen molar-refractivity contribution in [3.63, 3.8) is 0 Å². The summed E-state index contributed by atoms with van der Waals surface area (Å²) in [5, 5.41) is 15.7. The third kappa shape index (κ3) is 6.07. The van der Waals surface area contributed by atoms with Crippen LogP contribution in [-0.4, -0.2) is 48.7 Å². The van der Waals surface area contributed by atoms with E-state index in [1.165, 1.54) is 12.4 Å². The molecule has 1 fully saturated rings. The Balaban J connectivity index is 0.000000233. The van der Waals surface area contributed by atoms with Crippen LogP contribution in [0.3, 0.4) is 0 Å². The number of carbonyl (C=O) groups is 2. The van der Waals surface area contributed by atoms with Gasteiger partial charge in [-0.25, -0.2) is 14.3 Å². The Morgan fingerprint density at radius 3 is 2.42 bits per heavy atom. The molecule has 12 heteroatoms. The highest BCUT2D eigenvalue weighted by atomic mass is 35.5. The van der Waals surface area contributed by atoms with E-state index in [4.69, 9.17) is 33.0 Å². The number of hydrogen-bond donors (Lipinski definition) is 2. The topological polar surface area (TPSA) is 132 Å². The SMILES string of the molecule is COc1ccc(C(=O)Cc2c(Cl)cncc2Cl)n2nc(C3CC3)nc12.O=C(O)NCc1ccncc1. The van der Waals surface area contributed by atoms with Crippen LogP contribution < -0.4 is 10.1 Å². The summed E-state index contributed by atoms with van der Waals surface area (Å²) in [4.78, 5) is 35.2. The summed E-state index contributed by atoms with van der Waals surface area (Å²) in [6.45, 7) is 0.331. The fourth-order valence-electron chi connectivity index (χ4n) is 3.38. The van der Waals surface area contributed by atoms with Crippen molar-refractivity contribution < 1.29 is 19.4 Å². The molecule has 0 aliphatic heterocycles. The molecule has 2 N–H and O–H groups in total. The lowest BCUT2D eigenvalue weighted by Crippen LogP contribution is -2.19. The predicted molar refractivity (Wildman–Crippen MR) is 133 cm³/mol. The molecule has 0 spiro atoms. The Morgan fingerprint density at radius 1 is 1.11 bits per heavy atom. The molecule has 1 aliphatic rings. The Morgan fingerprint density at radius 2 is 1.81 bits per heavy atom. The molecule has 0 saturated heterocycles. The van der Waals surface area contributed by atoms with E-state index in [-0.39, 0.29) is 12.2 Å². The van der Waals surface area contributed by atoms with Crippen molar-refractivity contribution in [1.29, 1.82) is 0 Å². The molecular formula is C24H22Cl2N6O4. The van der Waals surface area contributed by atoms with Gasteiger partial charge in [0.15, 0.2) is 23.0 Å². The van der Waals surface area contributed by atoms with E-state index in [2.05, 4.69) is 25.4 Å². The van der Waals surface area contributed by atoms with Gasteiger partial charge in [0.05, 0.1) is 17.2 Å². The van der Waals surface area contributed by atoms with Crippen molar-refractivity contribution in [3.05, 3.63) is 81.7 Å². The van der Waals surface area contributed by atoms with Crippen LogP contribution in [0.15, 0.2) is 49.1 Å². The second-order valence-corrected chi connectivity index (χ2v) is 8.78. The predicted octanol–water partition coefficient (Wildman–Crippen LogP) is 4.59. The molecule has 0 aromatic carbocycles. The number of carbonyl (C=O) groups excluding carboxylic acids is 1. The number of aromatic nitrogens is 5. The molecule has 0 unspecified atom stereocenters. The van der Waals surface area contributed by atoms with Gasteiger partial charge in [-0.15, -0.1) is 0 Å². The minimum atomic E-state index is -1.01. The zero-order valence-electron chi connectivity index (χ0n) is 19.2.